The number of ether oxygens (including phenoxy) is 1. The summed E-state index contributed by atoms with van der Waals surface area (Å²) in [5.74, 6) is 8.73. The third-order valence-electron chi connectivity index (χ3n) is 22.5. The van der Waals surface area contributed by atoms with Gasteiger partial charge in [0.25, 0.3) is 0 Å². The van der Waals surface area contributed by atoms with E-state index in [9.17, 15) is 14.4 Å². The average molecular weight is 1340 g/mol. The van der Waals surface area contributed by atoms with E-state index >= 15 is 0 Å². The first-order valence-electron chi connectivity index (χ1n) is 34.5. The van der Waals surface area contributed by atoms with Crippen molar-refractivity contribution in [1.82, 2.24) is 79.8 Å². The Kier molecular flexibility index (Phi) is 20.8. The van der Waals surface area contributed by atoms with Crippen LogP contribution in [0.1, 0.15) is 97.8 Å². The van der Waals surface area contributed by atoms with Crippen LogP contribution < -0.4 is 24.9 Å². The molecular weight excluding hydrogens is 1240 g/mol. The lowest BCUT2D eigenvalue weighted by atomic mass is 9.78. The van der Waals surface area contributed by atoms with Crippen molar-refractivity contribution in [2.24, 2.45) is 47.3 Å². The molecule has 27 heteroatoms. The third-order valence-corrected chi connectivity index (χ3v) is 22.5. The number of anilines is 4. The molecule has 8 aliphatic rings. The van der Waals surface area contributed by atoms with Crippen LogP contribution in [0.5, 0.6) is 0 Å². The SMILES string of the molecule is CN(c1ncnc2[nH]ccc12)C1CC[C@H]2CN(C(=O)OC(C)(C)C)C[C@H]2C1.CN(c1ncnc2[nH]ccc12)C1CC[C@H]2CNC[C@H]2C1.CN(c1ncnc2[nH]ccc12)[C@@H]1CC[C@H]2CN(C(=O)CO)C[C@H]2C1.CN(c1ncnc2[nH]ccc12)[C@H]1CC[C@H]2CN(C(=O)CO)C[C@H]2C1.Cl. The number of nitrogens with one attached hydrogen (secondary N) is 5. The van der Waals surface area contributed by atoms with E-state index in [0.29, 0.717) is 59.7 Å². The van der Waals surface area contributed by atoms with Crippen LogP contribution in [0.2, 0.25) is 0 Å². The van der Waals surface area contributed by atoms with Crippen LogP contribution in [0.3, 0.4) is 0 Å². The van der Waals surface area contributed by atoms with Gasteiger partial charge in [-0.1, -0.05) is 0 Å². The van der Waals surface area contributed by atoms with Crippen molar-refractivity contribution in [3.05, 3.63) is 74.4 Å². The van der Waals surface area contributed by atoms with E-state index in [1.54, 1.807) is 25.3 Å². The van der Waals surface area contributed by atoms with E-state index in [1.165, 1.54) is 32.4 Å². The Bertz CT molecular complexity index is 3800. The zero-order valence-corrected chi connectivity index (χ0v) is 57.4. The minimum Gasteiger partial charge on any atom is -0.444 e. The summed E-state index contributed by atoms with van der Waals surface area (Å²) in [6.07, 6.45) is 27.8. The first-order valence-corrected chi connectivity index (χ1v) is 34.5. The number of aliphatic hydroxyl groups excluding tert-OH is 2. The van der Waals surface area contributed by atoms with Gasteiger partial charge in [-0.3, -0.25) is 9.59 Å². The molecular formula is C69H97ClN20O6. The zero-order valence-electron chi connectivity index (χ0n) is 56.6. The Labute approximate surface area is 567 Å². The summed E-state index contributed by atoms with van der Waals surface area (Å²) in [4.78, 5) is 98.4. The molecule has 96 heavy (non-hydrogen) atoms. The number of rotatable bonds is 10. The Hall–Kier alpha value is -7.94. The number of fused-ring (bicyclic) bond motifs is 8. The van der Waals surface area contributed by atoms with E-state index in [-0.39, 0.29) is 43.5 Å². The van der Waals surface area contributed by atoms with Gasteiger partial charge in [-0.15, -0.1) is 12.4 Å². The fraction of sp³-hybridized carbons (Fsp3) is 0.609. The molecule has 8 fully saturated rings. The smallest absolute Gasteiger partial charge is 0.410 e. The lowest BCUT2D eigenvalue weighted by Gasteiger charge is -2.37. The molecule has 4 aliphatic carbocycles. The van der Waals surface area contributed by atoms with E-state index in [4.69, 9.17) is 14.9 Å². The third kappa shape index (κ3) is 14.5. The van der Waals surface area contributed by atoms with Crippen molar-refractivity contribution < 1.29 is 29.3 Å². The molecule has 4 aliphatic heterocycles. The number of aromatic amines is 4. The van der Waals surface area contributed by atoms with Crippen molar-refractivity contribution in [1.29, 1.82) is 0 Å². The van der Waals surface area contributed by atoms with Crippen molar-refractivity contribution in [3.8, 4) is 0 Å². The van der Waals surface area contributed by atoms with Gasteiger partial charge in [-0.2, -0.15) is 0 Å². The number of H-pyrrole nitrogens is 4. The maximum absolute atomic E-state index is 12.4. The fourth-order valence-electron chi connectivity index (χ4n) is 17.2. The second kappa shape index (κ2) is 29.4. The van der Waals surface area contributed by atoms with Gasteiger partial charge in [0.15, 0.2) is 0 Å². The molecule has 516 valence electrons. The molecule has 0 bridgehead atoms. The predicted molar refractivity (Wildman–Crippen MR) is 373 cm³/mol. The molecule has 0 spiro atoms. The van der Waals surface area contributed by atoms with Crippen LogP contribution in [-0.4, -0.2) is 226 Å². The maximum Gasteiger partial charge on any atom is 0.410 e. The molecule has 8 aromatic heterocycles. The highest BCUT2D eigenvalue weighted by molar-refractivity contribution is 5.90. The molecule has 3 amide bonds. The summed E-state index contributed by atoms with van der Waals surface area (Å²) >= 11 is 0. The normalized spacial score (nSPS) is 26.6. The summed E-state index contributed by atoms with van der Waals surface area (Å²) in [7, 11) is 8.51. The van der Waals surface area contributed by atoms with Gasteiger partial charge in [0.2, 0.25) is 11.8 Å². The van der Waals surface area contributed by atoms with Crippen LogP contribution in [0.4, 0.5) is 28.1 Å². The molecule has 0 radical (unpaired) electrons. The van der Waals surface area contributed by atoms with Crippen LogP contribution in [0.25, 0.3) is 44.1 Å². The average Bonchev–Trinajstić information content (AvgIpc) is 1.92. The molecule has 4 saturated carbocycles. The number of aliphatic hydroxyl groups is 2. The Morgan fingerprint density at radius 1 is 0.438 bits per heavy atom. The fourth-order valence-corrected chi connectivity index (χ4v) is 17.2. The first-order chi connectivity index (χ1) is 46.0. The van der Waals surface area contributed by atoms with Crippen molar-refractivity contribution >= 4 is 97.7 Å². The lowest BCUT2D eigenvalue weighted by molar-refractivity contribution is -0.134. The van der Waals surface area contributed by atoms with Gasteiger partial charge in [0.1, 0.15) is 90.0 Å². The van der Waals surface area contributed by atoms with Crippen LogP contribution in [0.15, 0.2) is 74.4 Å². The second-order valence-corrected chi connectivity index (χ2v) is 29.1. The van der Waals surface area contributed by atoms with Gasteiger partial charge in [0, 0.05) is 116 Å². The number of halogens is 1. The molecule has 8 aromatic rings. The van der Waals surface area contributed by atoms with Crippen LogP contribution >= 0.6 is 12.4 Å². The van der Waals surface area contributed by atoms with E-state index < -0.39 is 5.60 Å². The highest BCUT2D eigenvalue weighted by Crippen LogP contribution is 2.43. The number of hydrogen-bond donors (Lipinski definition) is 7. The Morgan fingerprint density at radius 2 is 0.729 bits per heavy atom. The second-order valence-electron chi connectivity index (χ2n) is 29.1. The number of aromatic nitrogens is 12. The molecule has 16 rings (SSSR count). The van der Waals surface area contributed by atoms with Gasteiger partial charge in [-0.25, -0.2) is 44.7 Å². The highest BCUT2D eigenvalue weighted by atomic mass is 35.5. The number of nitrogens with zero attached hydrogens (tertiary/aromatic N) is 15. The van der Waals surface area contributed by atoms with E-state index in [0.717, 1.165) is 176 Å². The summed E-state index contributed by atoms with van der Waals surface area (Å²) < 4.78 is 5.57. The first kappa shape index (κ1) is 68.0. The molecule has 26 nitrogen and oxygen atoms in total. The number of amides is 3. The molecule has 7 N–H and O–H groups in total. The predicted octanol–water partition coefficient (Wildman–Crippen LogP) is 7.66. The van der Waals surface area contributed by atoms with Crippen LogP contribution in [0, 0.1) is 47.3 Å². The van der Waals surface area contributed by atoms with Crippen LogP contribution in [-0.2, 0) is 14.3 Å². The highest BCUT2D eigenvalue weighted by Gasteiger charge is 2.44. The Balaban J connectivity index is 0.000000122. The molecule has 2 unspecified atom stereocenters. The number of carbonyl (C=O) groups excluding carboxylic acids is 3. The van der Waals surface area contributed by atoms with E-state index in [1.807, 2.05) is 78.5 Å². The minimum atomic E-state index is -0.442. The van der Waals surface area contributed by atoms with Gasteiger partial charge < -0.3 is 74.5 Å². The largest absolute Gasteiger partial charge is 0.444 e. The Morgan fingerprint density at radius 3 is 1.06 bits per heavy atom. The summed E-state index contributed by atoms with van der Waals surface area (Å²) in [6.45, 7) is 12.2. The van der Waals surface area contributed by atoms with Gasteiger partial charge in [0.05, 0.1) is 21.5 Å². The van der Waals surface area contributed by atoms with Crippen molar-refractivity contribution in [2.45, 2.75) is 128 Å². The summed E-state index contributed by atoms with van der Waals surface area (Å²) in [6, 6.07) is 10.0. The van der Waals surface area contributed by atoms with E-state index in [2.05, 4.69) is 119 Å². The topological polar surface area (TPSA) is 302 Å². The number of likely N-dealkylation sites (tertiary alicyclic amines) is 3. The number of hydrogen-bond acceptors (Lipinski definition) is 19. The quantitative estimate of drug-likeness (QED) is 0.0691. The standard InChI is InChI=1S/C20H29N5O2.2C17H23N5O2.C15H21N5.ClH/c1-20(2,3)27-19(26)25-10-13-5-6-15(9-14(13)11-25)24(4)18-16-7-8-21-17(16)22-12-23-18;2*1-21(17-14-4-5-18-16(14)19-10-20-17)13-3-2-11-7-22(15(24)9-23)8-12(11)6-13;1-20(12-3-2-10-7-16-8-11(10)6-12)15-13-4-5-17-14(13)18-9-19-15;/h7-8,12-15H,5-6,9-11H2,1-4H3,(H,21,22,23);2*4-5,10-13,23H,2-3,6-9H2,1H3,(H,18,19,20);4-5,9-12,16H,2-3,6-8H2,1H3,(H,17,18,19);1H/t13-,14+,15?;11-,12+,13+;11-,12+,13-;10-,11+,12?;/m0000./s1. The molecule has 12 atom stereocenters. The number of carbonyl (C=O) groups is 3. The summed E-state index contributed by atoms with van der Waals surface area (Å²) in [5.41, 5.74) is 3.08. The lowest BCUT2D eigenvalue weighted by Crippen LogP contribution is -2.39. The minimum absolute atomic E-state index is 0. The molecule has 4 saturated heterocycles. The van der Waals surface area contributed by atoms with Gasteiger partial charge in [-0.05, 0) is 183 Å². The summed E-state index contributed by atoms with van der Waals surface area (Å²) in [5, 5.41) is 26.0. The molecule has 12 heterocycles. The maximum atomic E-state index is 12.4. The molecule has 0 aromatic carbocycles. The van der Waals surface area contributed by atoms with Gasteiger partial charge >= 0.3 is 6.09 Å². The monoisotopic (exact) mass is 1340 g/mol. The van der Waals surface area contributed by atoms with Crippen molar-refractivity contribution in [2.75, 3.05) is 113 Å². The zero-order chi connectivity index (χ0) is 66.1. The van der Waals surface area contributed by atoms with Crippen molar-refractivity contribution in [3.63, 3.8) is 0 Å².